The summed E-state index contributed by atoms with van der Waals surface area (Å²) in [6.45, 7) is 3.41. The van der Waals surface area contributed by atoms with Gasteiger partial charge in [-0.25, -0.2) is 4.98 Å². The number of methoxy groups -OCH3 is 1. The molecule has 21 heavy (non-hydrogen) atoms. The molecule has 1 fully saturated rings. The Morgan fingerprint density at radius 2 is 2.19 bits per heavy atom. The van der Waals surface area contributed by atoms with E-state index in [-0.39, 0.29) is 0 Å². The van der Waals surface area contributed by atoms with Gasteiger partial charge in [0.1, 0.15) is 6.61 Å². The van der Waals surface area contributed by atoms with Crippen LogP contribution in [-0.4, -0.2) is 18.1 Å². The molecule has 1 aliphatic rings. The summed E-state index contributed by atoms with van der Waals surface area (Å²) in [6.07, 6.45) is 4.46. The molecule has 0 bridgehead atoms. The Bertz CT molecular complexity index is 608. The van der Waals surface area contributed by atoms with Crippen LogP contribution in [0.5, 0.6) is 11.5 Å². The van der Waals surface area contributed by atoms with Crippen molar-refractivity contribution in [3.8, 4) is 11.5 Å². The van der Waals surface area contributed by atoms with Crippen LogP contribution in [0.1, 0.15) is 28.3 Å². The Labute approximate surface area is 129 Å². The highest BCUT2D eigenvalue weighted by Crippen LogP contribution is 2.30. The number of rotatable bonds is 7. The second-order valence-electron chi connectivity index (χ2n) is 5.27. The first-order valence-corrected chi connectivity index (χ1v) is 8.00. The maximum atomic E-state index is 5.85. The van der Waals surface area contributed by atoms with Gasteiger partial charge in [0.15, 0.2) is 11.5 Å². The first-order valence-electron chi connectivity index (χ1n) is 7.19. The van der Waals surface area contributed by atoms with Crippen molar-refractivity contribution in [3.05, 3.63) is 39.8 Å². The summed E-state index contributed by atoms with van der Waals surface area (Å²) in [5, 5.41) is 4.56. The van der Waals surface area contributed by atoms with Gasteiger partial charge in [-0.15, -0.1) is 11.3 Å². The first kappa shape index (κ1) is 14.4. The number of thiazole rings is 1. The molecule has 1 aromatic carbocycles. The summed E-state index contributed by atoms with van der Waals surface area (Å²) < 4.78 is 11.3. The number of aryl methyl sites for hydroxylation is 1. The molecule has 0 spiro atoms. The molecule has 112 valence electrons. The lowest BCUT2D eigenvalue weighted by molar-refractivity contribution is 0.287. The average molecular weight is 304 g/mol. The Morgan fingerprint density at radius 3 is 2.86 bits per heavy atom. The summed E-state index contributed by atoms with van der Waals surface area (Å²) in [6, 6.07) is 6.83. The van der Waals surface area contributed by atoms with Crippen molar-refractivity contribution in [1.82, 2.24) is 10.3 Å². The maximum Gasteiger partial charge on any atom is 0.161 e. The van der Waals surface area contributed by atoms with Gasteiger partial charge in [-0.05, 0) is 37.5 Å². The zero-order valence-electron chi connectivity index (χ0n) is 12.4. The van der Waals surface area contributed by atoms with E-state index < -0.39 is 0 Å². The third-order valence-corrected chi connectivity index (χ3v) is 4.33. The maximum absolute atomic E-state index is 5.85. The zero-order chi connectivity index (χ0) is 14.7. The molecule has 1 saturated carbocycles. The average Bonchev–Trinajstić information content (AvgIpc) is 3.24. The fraction of sp³-hybridized carbons (Fsp3) is 0.438. The molecule has 0 aliphatic heterocycles. The van der Waals surface area contributed by atoms with E-state index >= 15 is 0 Å². The van der Waals surface area contributed by atoms with Gasteiger partial charge in [0, 0.05) is 18.8 Å². The predicted octanol–water partition coefficient (Wildman–Crippen LogP) is 3.29. The van der Waals surface area contributed by atoms with Gasteiger partial charge in [-0.1, -0.05) is 6.07 Å². The Kier molecular flexibility index (Phi) is 4.41. The van der Waals surface area contributed by atoms with Crippen molar-refractivity contribution in [2.75, 3.05) is 7.11 Å². The number of hydrogen-bond acceptors (Lipinski definition) is 5. The molecule has 0 atom stereocenters. The Balaban J connectivity index is 1.63. The third kappa shape index (κ3) is 3.95. The highest BCUT2D eigenvalue weighted by molar-refractivity contribution is 7.11. The number of nitrogens with zero attached hydrogens (tertiary/aromatic N) is 1. The van der Waals surface area contributed by atoms with E-state index in [0.29, 0.717) is 12.6 Å². The summed E-state index contributed by atoms with van der Waals surface area (Å²) >= 11 is 1.65. The van der Waals surface area contributed by atoms with Crippen LogP contribution in [0, 0.1) is 6.92 Å². The molecular formula is C16H20N2O2S. The molecule has 5 heteroatoms. The van der Waals surface area contributed by atoms with Gasteiger partial charge in [-0.3, -0.25) is 0 Å². The molecule has 1 aliphatic carbocycles. The van der Waals surface area contributed by atoms with Gasteiger partial charge in [0.25, 0.3) is 0 Å². The van der Waals surface area contributed by atoms with Gasteiger partial charge in [0.2, 0.25) is 0 Å². The molecule has 4 nitrogen and oxygen atoms in total. The van der Waals surface area contributed by atoms with Crippen molar-refractivity contribution in [2.45, 2.75) is 39.0 Å². The van der Waals surface area contributed by atoms with Gasteiger partial charge >= 0.3 is 0 Å². The molecule has 1 N–H and O–H groups in total. The highest BCUT2D eigenvalue weighted by atomic mass is 32.1. The van der Waals surface area contributed by atoms with Crippen molar-refractivity contribution in [2.24, 2.45) is 0 Å². The van der Waals surface area contributed by atoms with Gasteiger partial charge in [-0.2, -0.15) is 0 Å². The number of benzene rings is 1. The lowest BCUT2D eigenvalue weighted by Gasteiger charge is -2.12. The van der Waals surface area contributed by atoms with Crippen LogP contribution < -0.4 is 14.8 Å². The minimum absolute atomic E-state index is 0.529. The second kappa shape index (κ2) is 6.45. The molecule has 1 aromatic heterocycles. The van der Waals surface area contributed by atoms with Crippen molar-refractivity contribution in [3.63, 3.8) is 0 Å². The van der Waals surface area contributed by atoms with E-state index in [2.05, 4.69) is 16.4 Å². The Hall–Kier alpha value is -1.59. The molecule has 2 aromatic rings. The van der Waals surface area contributed by atoms with E-state index in [4.69, 9.17) is 9.47 Å². The fourth-order valence-electron chi connectivity index (χ4n) is 2.11. The second-order valence-corrected chi connectivity index (χ2v) is 6.59. The van der Waals surface area contributed by atoms with E-state index in [1.54, 1.807) is 18.4 Å². The Morgan fingerprint density at radius 1 is 1.33 bits per heavy atom. The standard InChI is InChI=1S/C16H20N2O2S/c1-11-17-9-14(21-11)10-20-15-6-3-12(7-16(15)19-2)8-18-13-4-5-13/h3,6-7,9,13,18H,4-5,8,10H2,1-2H3. The SMILES string of the molecule is COc1cc(CNC2CC2)ccc1OCc1cnc(C)s1. The van der Waals surface area contributed by atoms with E-state index in [1.807, 2.05) is 25.3 Å². The lowest BCUT2D eigenvalue weighted by atomic mass is 10.2. The quantitative estimate of drug-likeness (QED) is 0.852. The van der Waals surface area contributed by atoms with Crippen molar-refractivity contribution >= 4 is 11.3 Å². The number of ether oxygens (including phenoxy) is 2. The van der Waals surface area contributed by atoms with E-state index in [0.717, 1.165) is 27.9 Å². The lowest BCUT2D eigenvalue weighted by Crippen LogP contribution is -2.15. The van der Waals surface area contributed by atoms with Gasteiger partial charge in [0.05, 0.1) is 17.0 Å². The largest absolute Gasteiger partial charge is 0.493 e. The molecule has 0 radical (unpaired) electrons. The van der Waals surface area contributed by atoms with Gasteiger partial charge < -0.3 is 14.8 Å². The minimum Gasteiger partial charge on any atom is -0.493 e. The topological polar surface area (TPSA) is 43.4 Å². The van der Waals surface area contributed by atoms with Crippen LogP contribution in [-0.2, 0) is 13.2 Å². The monoisotopic (exact) mass is 304 g/mol. The fourth-order valence-corrected chi connectivity index (χ4v) is 2.82. The van der Waals surface area contributed by atoms with Crippen LogP contribution >= 0.6 is 11.3 Å². The molecule has 0 amide bonds. The molecular weight excluding hydrogens is 284 g/mol. The molecule has 3 rings (SSSR count). The summed E-state index contributed by atoms with van der Waals surface area (Å²) in [5.41, 5.74) is 1.22. The van der Waals surface area contributed by atoms with Crippen LogP contribution in [0.3, 0.4) is 0 Å². The summed E-state index contributed by atoms with van der Waals surface area (Å²) in [7, 11) is 1.68. The van der Waals surface area contributed by atoms with Crippen molar-refractivity contribution in [1.29, 1.82) is 0 Å². The van der Waals surface area contributed by atoms with Crippen LogP contribution in [0.25, 0.3) is 0 Å². The summed E-state index contributed by atoms with van der Waals surface area (Å²) in [4.78, 5) is 5.35. The highest BCUT2D eigenvalue weighted by Gasteiger charge is 2.20. The van der Waals surface area contributed by atoms with Crippen LogP contribution in [0.15, 0.2) is 24.4 Å². The number of hydrogen-bond donors (Lipinski definition) is 1. The number of nitrogens with one attached hydrogen (secondary N) is 1. The van der Waals surface area contributed by atoms with Crippen LogP contribution in [0.4, 0.5) is 0 Å². The number of aromatic nitrogens is 1. The minimum atomic E-state index is 0.529. The molecule has 0 unspecified atom stereocenters. The first-order chi connectivity index (χ1) is 10.2. The normalized spacial score (nSPS) is 14.2. The smallest absolute Gasteiger partial charge is 0.161 e. The molecule has 1 heterocycles. The van der Waals surface area contributed by atoms with E-state index in [1.165, 1.54) is 18.4 Å². The third-order valence-electron chi connectivity index (χ3n) is 3.44. The van der Waals surface area contributed by atoms with Crippen molar-refractivity contribution < 1.29 is 9.47 Å². The predicted molar refractivity (Wildman–Crippen MR) is 84.0 cm³/mol. The van der Waals surface area contributed by atoms with E-state index in [9.17, 15) is 0 Å². The zero-order valence-corrected chi connectivity index (χ0v) is 13.2. The van der Waals surface area contributed by atoms with Crippen LogP contribution in [0.2, 0.25) is 0 Å². The summed E-state index contributed by atoms with van der Waals surface area (Å²) in [5.74, 6) is 1.56. The molecule has 0 saturated heterocycles.